The van der Waals surface area contributed by atoms with Crippen LogP contribution in [-0.2, 0) is 0 Å². The van der Waals surface area contributed by atoms with E-state index in [1.54, 1.807) is 12.1 Å². The van der Waals surface area contributed by atoms with Crippen molar-refractivity contribution in [2.75, 3.05) is 4.90 Å². The Morgan fingerprint density at radius 1 is 1.05 bits per heavy atom. The quantitative estimate of drug-likeness (QED) is 0.912. The van der Waals surface area contributed by atoms with Crippen molar-refractivity contribution in [3.8, 4) is 11.5 Å². The predicted molar refractivity (Wildman–Crippen MR) is 89.5 cm³/mol. The first-order valence-corrected chi connectivity index (χ1v) is 7.34. The first-order valence-electron chi connectivity index (χ1n) is 6.96. The van der Waals surface area contributed by atoms with Crippen molar-refractivity contribution < 1.29 is 4.74 Å². The minimum atomic E-state index is -0.301. The predicted octanol–water partition coefficient (Wildman–Crippen LogP) is 2.94. The van der Waals surface area contributed by atoms with E-state index in [1.807, 2.05) is 48.2 Å². The van der Waals surface area contributed by atoms with Crippen molar-refractivity contribution in [3.63, 3.8) is 0 Å². The van der Waals surface area contributed by atoms with Gasteiger partial charge in [0.2, 0.25) is 0 Å². The highest BCUT2D eigenvalue weighted by Crippen LogP contribution is 2.28. The van der Waals surface area contributed by atoms with Crippen LogP contribution >= 0.6 is 11.6 Å². The van der Waals surface area contributed by atoms with Crippen LogP contribution in [0.25, 0.3) is 0 Å². The van der Waals surface area contributed by atoms with Gasteiger partial charge in [0.25, 0.3) is 0 Å². The molecule has 0 radical (unpaired) electrons. The summed E-state index contributed by atoms with van der Waals surface area (Å²) in [5.74, 6) is 1.90. The molecule has 2 aromatic rings. The van der Waals surface area contributed by atoms with E-state index < -0.39 is 0 Å². The number of nitrogens with zero attached hydrogens (tertiary/aromatic N) is 2. The Balaban J connectivity index is 1.76. The molecule has 0 bridgehead atoms. The number of hydrogen-bond donors (Lipinski definition) is 2. The number of hydrogen-bond acceptors (Lipinski definition) is 5. The van der Waals surface area contributed by atoms with Crippen molar-refractivity contribution >= 4 is 23.2 Å². The standard InChI is InChI=1S/C16H17ClN4O/c1-10-15(18)20-16(19)21(10)12-4-8-14(9-5-12)22-13-6-2-11(17)3-7-13/h2-10,15H,18H2,1H3,(H2,19,20). The minimum absolute atomic E-state index is 0.0306. The van der Waals surface area contributed by atoms with Crippen molar-refractivity contribution in [2.24, 2.45) is 16.5 Å². The summed E-state index contributed by atoms with van der Waals surface area (Å²) in [6, 6.07) is 14.9. The molecule has 114 valence electrons. The van der Waals surface area contributed by atoms with Gasteiger partial charge in [-0.1, -0.05) is 11.6 Å². The smallest absolute Gasteiger partial charge is 0.197 e. The molecule has 4 N–H and O–H groups in total. The molecule has 1 heterocycles. The molecular weight excluding hydrogens is 300 g/mol. The zero-order valence-corrected chi connectivity index (χ0v) is 12.9. The minimum Gasteiger partial charge on any atom is -0.457 e. The number of guanidine groups is 1. The Morgan fingerprint density at radius 3 is 2.09 bits per heavy atom. The van der Waals surface area contributed by atoms with Gasteiger partial charge in [0.05, 0.1) is 6.04 Å². The summed E-state index contributed by atoms with van der Waals surface area (Å²) in [6.07, 6.45) is -0.301. The van der Waals surface area contributed by atoms with Gasteiger partial charge >= 0.3 is 0 Å². The number of halogens is 1. The maximum absolute atomic E-state index is 5.92. The number of rotatable bonds is 3. The largest absolute Gasteiger partial charge is 0.457 e. The van der Waals surface area contributed by atoms with Gasteiger partial charge in [0.1, 0.15) is 17.7 Å². The van der Waals surface area contributed by atoms with Gasteiger partial charge in [0.15, 0.2) is 5.96 Å². The van der Waals surface area contributed by atoms with Gasteiger partial charge in [-0.15, -0.1) is 0 Å². The van der Waals surface area contributed by atoms with Gasteiger partial charge in [-0.3, -0.25) is 0 Å². The molecule has 0 saturated carbocycles. The van der Waals surface area contributed by atoms with Crippen LogP contribution in [0.15, 0.2) is 53.5 Å². The summed E-state index contributed by atoms with van der Waals surface area (Å²) in [5.41, 5.74) is 12.8. The third kappa shape index (κ3) is 2.86. The average Bonchev–Trinajstić information content (AvgIpc) is 2.76. The van der Waals surface area contributed by atoms with E-state index in [-0.39, 0.29) is 12.2 Å². The van der Waals surface area contributed by atoms with Gasteiger partial charge in [-0.2, -0.15) is 0 Å². The molecule has 6 heteroatoms. The van der Waals surface area contributed by atoms with E-state index in [0.29, 0.717) is 11.0 Å². The topological polar surface area (TPSA) is 76.9 Å². The Kier molecular flexibility index (Phi) is 3.92. The third-order valence-corrected chi connectivity index (χ3v) is 3.85. The van der Waals surface area contributed by atoms with E-state index in [4.69, 9.17) is 27.8 Å². The molecule has 1 aliphatic heterocycles. The maximum Gasteiger partial charge on any atom is 0.197 e. The second-order valence-corrected chi connectivity index (χ2v) is 5.57. The summed E-state index contributed by atoms with van der Waals surface area (Å²) in [7, 11) is 0. The molecule has 0 saturated heterocycles. The fraction of sp³-hybridized carbons (Fsp3) is 0.188. The first-order chi connectivity index (χ1) is 10.5. The summed E-state index contributed by atoms with van der Waals surface area (Å²) in [5, 5.41) is 0.678. The van der Waals surface area contributed by atoms with Crippen LogP contribution in [0.4, 0.5) is 5.69 Å². The van der Waals surface area contributed by atoms with Crippen LogP contribution in [0, 0.1) is 0 Å². The van der Waals surface area contributed by atoms with E-state index in [2.05, 4.69) is 4.99 Å². The number of benzene rings is 2. The van der Waals surface area contributed by atoms with Crippen LogP contribution in [0.2, 0.25) is 5.02 Å². The first kappa shape index (κ1) is 14.7. The van der Waals surface area contributed by atoms with Crippen molar-refractivity contribution in [1.29, 1.82) is 0 Å². The monoisotopic (exact) mass is 316 g/mol. The highest BCUT2D eigenvalue weighted by atomic mass is 35.5. The van der Waals surface area contributed by atoms with Crippen LogP contribution in [0.1, 0.15) is 6.92 Å². The fourth-order valence-electron chi connectivity index (χ4n) is 2.37. The Bertz CT molecular complexity index is 684. The molecule has 2 aromatic carbocycles. The Labute approximate surface area is 134 Å². The van der Waals surface area contributed by atoms with Crippen molar-refractivity contribution in [3.05, 3.63) is 53.6 Å². The third-order valence-electron chi connectivity index (χ3n) is 3.59. The molecule has 2 atom stereocenters. The zero-order chi connectivity index (χ0) is 15.7. The lowest BCUT2D eigenvalue weighted by molar-refractivity contribution is 0.482. The van der Waals surface area contributed by atoms with Crippen molar-refractivity contribution in [2.45, 2.75) is 19.1 Å². The maximum atomic E-state index is 5.92. The van der Waals surface area contributed by atoms with Crippen molar-refractivity contribution in [1.82, 2.24) is 0 Å². The molecule has 22 heavy (non-hydrogen) atoms. The fourth-order valence-corrected chi connectivity index (χ4v) is 2.49. The lowest BCUT2D eigenvalue weighted by atomic mass is 10.2. The zero-order valence-electron chi connectivity index (χ0n) is 12.1. The molecule has 0 spiro atoms. The SMILES string of the molecule is CC1C(N)N=C(N)N1c1ccc(Oc2ccc(Cl)cc2)cc1. The van der Waals surface area contributed by atoms with E-state index in [9.17, 15) is 0 Å². The lowest BCUT2D eigenvalue weighted by Crippen LogP contribution is -2.43. The van der Waals surface area contributed by atoms with Gasteiger partial charge in [-0.25, -0.2) is 4.99 Å². The van der Waals surface area contributed by atoms with Gasteiger partial charge in [0, 0.05) is 10.7 Å². The van der Waals surface area contributed by atoms with Crippen LogP contribution in [0.5, 0.6) is 11.5 Å². The molecular formula is C16H17ClN4O. The lowest BCUT2D eigenvalue weighted by Gasteiger charge is -2.25. The van der Waals surface area contributed by atoms with E-state index in [1.165, 1.54) is 0 Å². The summed E-state index contributed by atoms with van der Waals surface area (Å²) in [4.78, 5) is 6.09. The second-order valence-electron chi connectivity index (χ2n) is 5.14. The molecule has 5 nitrogen and oxygen atoms in total. The van der Waals surface area contributed by atoms with E-state index >= 15 is 0 Å². The molecule has 0 aromatic heterocycles. The summed E-state index contributed by atoms with van der Waals surface area (Å²) >= 11 is 5.85. The summed E-state index contributed by atoms with van der Waals surface area (Å²) < 4.78 is 5.76. The van der Waals surface area contributed by atoms with Gasteiger partial charge in [-0.05, 0) is 55.5 Å². The highest BCUT2D eigenvalue weighted by Gasteiger charge is 2.29. The second kappa shape index (κ2) is 5.87. The number of nitrogens with two attached hydrogens (primary N) is 2. The normalized spacial score (nSPS) is 20.9. The molecule has 0 fully saturated rings. The number of aliphatic imine (C=N–C) groups is 1. The average molecular weight is 317 g/mol. The highest BCUT2D eigenvalue weighted by molar-refractivity contribution is 6.30. The summed E-state index contributed by atoms with van der Waals surface area (Å²) in [6.45, 7) is 1.99. The molecule has 1 aliphatic rings. The van der Waals surface area contributed by atoms with Crippen LogP contribution in [0.3, 0.4) is 0 Å². The Morgan fingerprint density at radius 2 is 1.59 bits per heavy atom. The van der Waals surface area contributed by atoms with Crippen LogP contribution < -0.4 is 21.1 Å². The number of ether oxygens (including phenoxy) is 1. The van der Waals surface area contributed by atoms with E-state index in [0.717, 1.165) is 17.2 Å². The molecule has 3 rings (SSSR count). The van der Waals surface area contributed by atoms with Crippen LogP contribution in [-0.4, -0.2) is 18.2 Å². The molecule has 2 unspecified atom stereocenters. The van der Waals surface area contributed by atoms with Gasteiger partial charge < -0.3 is 21.1 Å². The Hall–Kier alpha value is -2.24. The molecule has 0 amide bonds. The number of anilines is 1. The molecule has 0 aliphatic carbocycles.